The lowest BCUT2D eigenvalue weighted by Crippen LogP contribution is -2.13. The Kier molecular flexibility index (Phi) is 2.90. The summed E-state index contributed by atoms with van der Waals surface area (Å²) in [6.45, 7) is 3.67. The van der Waals surface area contributed by atoms with E-state index >= 15 is 0 Å². The summed E-state index contributed by atoms with van der Waals surface area (Å²) in [5.41, 5.74) is 5.86. The predicted molar refractivity (Wildman–Crippen MR) is 53.9 cm³/mol. The van der Waals surface area contributed by atoms with Gasteiger partial charge in [0.15, 0.2) is 0 Å². The molecule has 0 saturated carbocycles. The molecule has 1 aromatic rings. The first-order chi connectivity index (χ1) is 6.45. The summed E-state index contributed by atoms with van der Waals surface area (Å²) in [6, 6.07) is 0. The van der Waals surface area contributed by atoms with E-state index in [0.29, 0.717) is 10.4 Å². The van der Waals surface area contributed by atoms with E-state index < -0.39 is 11.9 Å². The Bertz CT molecular complexity index is 350. The molecule has 0 fully saturated rings. The van der Waals surface area contributed by atoms with Crippen LogP contribution in [-0.4, -0.2) is 17.0 Å². The van der Waals surface area contributed by atoms with Crippen molar-refractivity contribution in [3.8, 4) is 0 Å². The number of carboxylic acids is 1. The molecule has 0 spiro atoms. The van der Waals surface area contributed by atoms with Crippen molar-refractivity contribution in [2.45, 2.75) is 19.8 Å². The summed E-state index contributed by atoms with van der Waals surface area (Å²) in [7, 11) is 0. The molecule has 5 heteroatoms. The van der Waals surface area contributed by atoms with Gasteiger partial charge in [0.2, 0.25) is 0 Å². The van der Waals surface area contributed by atoms with Crippen LogP contribution in [0.5, 0.6) is 0 Å². The molecule has 0 aliphatic carbocycles. The number of hydrogen-bond donors (Lipinski definition) is 2. The number of aromatic carboxylic acids is 1. The fraction of sp³-hybridized carbons (Fsp3) is 0.333. The molecule has 0 unspecified atom stereocenters. The molecule has 0 saturated heterocycles. The molecule has 1 heterocycles. The molecular formula is C9H11NO3S. The van der Waals surface area contributed by atoms with Crippen LogP contribution in [0.2, 0.25) is 0 Å². The number of thiophene rings is 1. The minimum atomic E-state index is -1.02. The molecule has 0 aliphatic rings. The Morgan fingerprint density at radius 1 is 1.50 bits per heavy atom. The topological polar surface area (TPSA) is 80.4 Å². The monoisotopic (exact) mass is 213 g/mol. The molecule has 4 nitrogen and oxygen atoms in total. The van der Waals surface area contributed by atoms with Gasteiger partial charge in [-0.05, 0) is 11.5 Å². The van der Waals surface area contributed by atoms with Crippen LogP contribution >= 0.6 is 11.3 Å². The highest BCUT2D eigenvalue weighted by atomic mass is 32.1. The molecule has 0 aliphatic heterocycles. The summed E-state index contributed by atoms with van der Waals surface area (Å²) in [5.74, 6) is -1.60. The van der Waals surface area contributed by atoms with Crippen LogP contribution in [0.3, 0.4) is 0 Å². The number of primary amides is 1. The Morgan fingerprint density at radius 2 is 2.07 bits per heavy atom. The second-order valence-electron chi connectivity index (χ2n) is 3.22. The van der Waals surface area contributed by atoms with Gasteiger partial charge in [0.25, 0.3) is 5.91 Å². The summed E-state index contributed by atoms with van der Waals surface area (Å²) >= 11 is 1.09. The maximum atomic E-state index is 11.0. The standard InChI is InChI=1S/C9H11NO3S/c1-4(2)6-5(9(12)13)3-14-7(6)8(10)11/h3-4H,1-2H3,(H2,10,11)(H,12,13). The smallest absolute Gasteiger partial charge is 0.336 e. The second kappa shape index (κ2) is 3.79. The summed E-state index contributed by atoms with van der Waals surface area (Å²) in [6.07, 6.45) is 0. The molecule has 3 N–H and O–H groups in total. The van der Waals surface area contributed by atoms with Gasteiger partial charge in [-0.15, -0.1) is 11.3 Å². The van der Waals surface area contributed by atoms with Gasteiger partial charge in [-0.3, -0.25) is 4.79 Å². The molecule has 0 radical (unpaired) electrons. The van der Waals surface area contributed by atoms with Gasteiger partial charge in [-0.1, -0.05) is 13.8 Å². The average Bonchev–Trinajstić information content (AvgIpc) is 2.46. The van der Waals surface area contributed by atoms with Gasteiger partial charge >= 0.3 is 5.97 Å². The van der Waals surface area contributed by atoms with Crippen LogP contribution in [0.25, 0.3) is 0 Å². The average molecular weight is 213 g/mol. The fourth-order valence-electron chi connectivity index (χ4n) is 1.30. The Hall–Kier alpha value is -1.36. The molecule has 76 valence electrons. The summed E-state index contributed by atoms with van der Waals surface area (Å²) in [5, 5.41) is 10.3. The number of carboxylic acid groups (broad SMARTS) is 1. The van der Waals surface area contributed by atoms with E-state index in [0.717, 1.165) is 11.3 Å². The Balaban J connectivity index is 3.35. The normalized spacial score (nSPS) is 10.5. The van der Waals surface area contributed by atoms with Crippen molar-refractivity contribution in [1.29, 1.82) is 0 Å². The number of amides is 1. The van der Waals surface area contributed by atoms with Crippen molar-refractivity contribution in [1.82, 2.24) is 0 Å². The molecule has 1 amide bonds. The van der Waals surface area contributed by atoms with Crippen molar-refractivity contribution in [2.24, 2.45) is 5.73 Å². The van der Waals surface area contributed by atoms with Crippen molar-refractivity contribution < 1.29 is 14.7 Å². The van der Waals surface area contributed by atoms with Crippen molar-refractivity contribution in [2.75, 3.05) is 0 Å². The first-order valence-corrected chi connectivity index (χ1v) is 4.97. The molecule has 0 atom stereocenters. The lowest BCUT2D eigenvalue weighted by molar-refractivity contribution is 0.0696. The molecule has 1 aromatic heterocycles. The zero-order valence-corrected chi connectivity index (χ0v) is 8.72. The van der Waals surface area contributed by atoms with Crippen LogP contribution < -0.4 is 5.73 Å². The van der Waals surface area contributed by atoms with Crippen molar-refractivity contribution in [3.05, 3.63) is 21.4 Å². The van der Waals surface area contributed by atoms with E-state index in [2.05, 4.69) is 0 Å². The van der Waals surface area contributed by atoms with Gasteiger partial charge in [0.05, 0.1) is 10.4 Å². The van der Waals surface area contributed by atoms with Crippen LogP contribution in [0.1, 0.15) is 45.4 Å². The number of hydrogen-bond acceptors (Lipinski definition) is 3. The van der Waals surface area contributed by atoms with E-state index in [-0.39, 0.29) is 11.5 Å². The third kappa shape index (κ3) is 1.77. The Morgan fingerprint density at radius 3 is 2.43 bits per heavy atom. The van der Waals surface area contributed by atoms with Gasteiger partial charge in [-0.2, -0.15) is 0 Å². The fourth-order valence-corrected chi connectivity index (χ4v) is 2.35. The Labute approximate surface area is 85.4 Å². The van der Waals surface area contributed by atoms with Gasteiger partial charge < -0.3 is 10.8 Å². The lowest BCUT2D eigenvalue weighted by Gasteiger charge is -2.06. The van der Waals surface area contributed by atoms with Gasteiger partial charge in [0.1, 0.15) is 0 Å². The van der Waals surface area contributed by atoms with Crippen LogP contribution in [0, 0.1) is 0 Å². The second-order valence-corrected chi connectivity index (χ2v) is 4.10. The van der Waals surface area contributed by atoms with Crippen molar-refractivity contribution >= 4 is 23.2 Å². The lowest BCUT2D eigenvalue weighted by atomic mass is 9.99. The number of carbonyl (C=O) groups excluding carboxylic acids is 1. The van der Waals surface area contributed by atoms with E-state index in [9.17, 15) is 9.59 Å². The largest absolute Gasteiger partial charge is 0.478 e. The van der Waals surface area contributed by atoms with E-state index in [1.165, 1.54) is 5.38 Å². The third-order valence-electron chi connectivity index (χ3n) is 1.86. The highest BCUT2D eigenvalue weighted by molar-refractivity contribution is 7.12. The number of carbonyl (C=O) groups is 2. The van der Waals surface area contributed by atoms with Crippen LogP contribution in [0.4, 0.5) is 0 Å². The van der Waals surface area contributed by atoms with Gasteiger partial charge in [-0.25, -0.2) is 4.79 Å². The first-order valence-electron chi connectivity index (χ1n) is 4.09. The predicted octanol–water partition coefficient (Wildman–Crippen LogP) is 1.67. The van der Waals surface area contributed by atoms with Crippen LogP contribution in [0.15, 0.2) is 5.38 Å². The summed E-state index contributed by atoms with van der Waals surface area (Å²) < 4.78 is 0. The molecule has 0 aromatic carbocycles. The summed E-state index contributed by atoms with van der Waals surface area (Å²) in [4.78, 5) is 22.2. The quantitative estimate of drug-likeness (QED) is 0.801. The number of rotatable bonds is 3. The number of nitrogens with two attached hydrogens (primary N) is 1. The maximum absolute atomic E-state index is 11.0. The highest BCUT2D eigenvalue weighted by Gasteiger charge is 2.21. The highest BCUT2D eigenvalue weighted by Crippen LogP contribution is 2.29. The third-order valence-corrected chi connectivity index (χ3v) is 2.87. The van der Waals surface area contributed by atoms with E-state index in [4.69, 9.17) is 10.8 Å². The first kappa shape index (κ1) is 10.7. The van der Waals surface area contributed by atoms with Crippen LogP contribution in [-0.2, 0) is 0 Å². The van der Waals surface area contributed by atoms with Gasteiger partial charge in [0, 0.05) is 5.38 Å². The minimum Gasteiger partial charge on any atom is -0.478 e. The molecule has 1 rings (SSSR count). The zero-order chi connectivity index (χ0) is 10.9. The van der Waals surface area contributed by atoms with E-state index in [1.807, 2.05) is 13.8 Å². The maximum Gasteiger partial charge on any atom is 0.336 e. The SMILES string of the molecule is CC(C)c1c(C(=O)O)csc1C(N)=O. The molecule has 14 heavy (non-hydrogen) atoms. The van der Waals surface area contributed by atoms with Crippen molar-refractivity contribution in [3.63, 3.8) is 0 Å². The zero-order valence-electron chi connectivity index (χ0n) is 7.90. The minimum absolute atomic E-state index is 0.0187. The molecular weight excluding hydrogens is 202 g/mol. The van der Waals surface area contributed by atoms with E-state index in [1.54, 1.807) is 0 Å². The molecule has 0 bridgehead atoms.